The van der Waals surface area contributed by atoms with Crippen molar-refractivity contribution >= 4 is 0 Å². The molecule has 1 aromatic rings. The zero-order valence-corrected chi connectivity index (χ0v) is 8.55. The predicted octanol–water partition coefficient (Wildman–Crippen LogP) is 2.99. The summed E-state index contributed by atoms with van der Waals surface area (Å²) in [6, 6.07) is 9.48. The highest BCUT2D eigenvalue weighted by molar-refractivity contribution is 5.14. The van der Waals surface area contributed by atoms with Gasteiger partial charge in [0.25, 0.3) is 5.92 Å². The highest BCUT2D eigenvalue weighted by atomic mass is 19.3. The molecule has 0 saturated carbocycles. The highest BCUT2D eigenvalue weighted by Crippen LogP contribution is 2.17. The molecule has 0 fully saturated rings. The third kappa shape index (κ3) is 4.70. The molecule has 3 heteroatoms. The minimum Gasteiger partial charge on any atom is -0.307 e. The van der Waals surface area contributed by atoms with Crippen LogP contribution in [0.1, 0.15) is 12.0 Å². The van der Waals surface area contributed by atoms with E-state index in [9.17, 15) is 8.78 Å². The van der Waals surface area contributed by atoms with Crippen molar-refractivity contribution in [3.05, 3.63) is 48.6 Å². The minimum absolute atomic E-state index is 0.283. The number of nitrogens with one attached hydrogen (secondary N) is 1. The molecule has 0 aliphatic carbocycles. The van der Waals surface area contributed by atoms with E-state index in [0.717, 1.165) is 5.56 Å². The van der Waals surface area contributed by atoms with Crippen LogP contribution < -0.4 is 5.32 Å². The Morgan fingerprint density at radius 3 is 2.53 bits per heavy atom. The van der Waals surface area contributed by atoms with Gasteiger partial charge in [0.15, 0.2) is 0 Å². The topological polar surface area (TPSA) is 12.0 Å². The maximum Gasteiger partial charge on any atom is 0.263 e. The van der Waals surface area contributed by atoms with Gasteiger partial charge in [0, 0.05) is 13.0 Å². The van der Waals surface area contributed by atoms with Crippen molar-refractivity contribution in [2.75, 3.05) is 6.54 Å². The summed E-state index contributed by atoms with van der Waals surface area (Å²) < 4.78 is 26.0. The standard InChI is InChI=1S/C12H15F2N/c1-2-8-12(13,14)10-15-9-11-6-4-3-5-7-11/h2-7,15H,1,8-10H2. The number of halogens is 2. The average Bonchev–Trinajstić information content (AvgIpc) is 2.19. The summed E-state index contributed by atoms with van der Waals surface area (Å²) in [6.45, 7) is 3.46. The third-order valence-electron chi connectivity index (χ3n) is 2.00. The van der Waals surface area contributed by atoms with E-state index in [1.54, 1.807) is 0 Å². The Hall–Kier alpha value is -1.22. The average molecular weight is 211 g/mol. The van der Waals surface area contributed by atoms with Gasteiger partial charge in [0.05, 0.1) is 6.54 Å². The van der Waals surface area contributed by atoms with E-state index < -0.39 is 5.92 Å². The van der Waals surface area contributed by atoms with Crippen molar-refractivity contribution in [2.45, 2.75) is 18.9 Å². The fraction of sp³-hybridized carbons (Fsp3) is 0.333. The lowest BCUT2D eigenvalue weighted by molar-refractivity contribution is 0.00518. The maximum atomic E-state index is 13.0. The molecule has 82 valence electrons. The molecule has 0 aliphatic rings. The first-order valence-corrected chi connectivity index (χ1v) is 4.87. The van der Waals surface area contributed by atoms with E-state index >= 15 is 0 Å². The van der Waals surface area contributed by atoms with Gasteiger partial charge in [-0.2, -0.15) is 0 Å². The van der Waals surface area contributed by atoms with Gasteiger partial charge in [-0.3, -0.25) is 0 Å². The highest BCUT2D eigenvalue weighted by Gasteiger charge is 2.25. The summed E-state index contributed by atoms with van der Waals surface area (Å²) in [5.74, 6) is -2.70. The lowest BCUT2D eigenvalue weighted by atomic mass is 10.2. The quantitative estimate of drug-likeness (QED) is 0.713. The molecule has 0 spiro atoms. The first-order chi connectivity index (χ1) is 7.14. The van der Waals surface area contributed by atoms with Crippen LogP contribution >= 0.6 is 0 Å². The van der Waals surface area contributed by atoms with Crippen LogP contribution in [0, 0.1) is 0 Å². The van der Waals surface area contributed by atoms with Gasteiger partial charge in [-0.25, -0.2) is 8.78 Å². The van der Waals surface area contributed by atoms with Crippen LogP contribution in [0.2, 0.25) is 0 Å². The lowest BCUT2D eigenvalue weighted by Gasteiger charge is -2.14. The van der Waals surface area contributed by atoms with Crippen molar-refractivity contribution < 1.29 is 8.78 Å². The maximum absolute atomic E-state index is 13.0. The molecule has 0 radical (unpaired) electrons. The molecular weight excluding hydrogens is 196 g/mol. The van der Waals surface area contributed by atoms with Crippen molar-refractivity contribution in [3.63, 3.8) is 0 Å². The number of allylic oxidation sites excluding steroid dienone is 1. The zero-order chi connectivity index (χ0) is 11.1. The minimum atomic E-state index is -2.70. The summed E-state index contributed by atoms with van der Waals surface area (Å²) in [7, 11) is 0. The van der Waals surface area contributed by atoms with Crippen LogP contribution in [0.15, 0.2) is 43.0 Å². The largest absolute Gasteiger partial charge is 0.307 e. The van der Waals surface area contributed by atoms with E-state index in [0.29, 0.717) is 6.54 Å². The summed E-state index contributed by atoms with van der Waals surface area (Å²) >= 11 is 0. The van der Waals surface area contributed by atoms with Gasteiger partial charge in [-0.15, -0.1) is 6.58 Å². The Balaban J connectivity index is 2.30. The monoisotopic (exact) mass is 211 g/mol. The Morgan fingerprint density at radius 2 is 1.93 bits per heavy atom. The molecule has 0 bridgehead atoms. The molecular formula is C12H15F2N. The van der Waals surface area contributed by atoms with Gasteiger partial charge in [-0.1, -0.05) is 36.4 Å². The second kappa shape index (κ2) is 5.61. The summed E-state index contributed by atoms with van der Waals surface area (Å²) in [5.41, 5.74) is 1.01. The SMILES string of the molecule is C=CCC(F)(F)CNCc1ccccc1. The molecule has 1 nitrogen and oxygen atoms in total. The molecule has 1 aromatic carbocycles. The van der Waals surface area contributed by atoms with E-state index in [4.69, 9.17) is 0 Å². The Morgan fingerprint density at radius 1 is 1.27 bits per heavy atom. The van der Waals surface area contributed by atoms with Gasteiger partial charge < -0.3 is 5.32 Å². The second-order valence-corrected chi connectivity index (χ2v) is 3.44. The molecule has 15 heavy (non-hydrogen) atoms. The Kier molecular flexibility index (Phi) is 4.43. The number of hydrogen-bond acceptors (Lipinski definition) is 1. The molecule has 0 atom stereocenters. The van der Waals surface area contributed by atoms with Crippen LogP contribution in [0.3, 0.4) is 0 Å². The van der Waals surface area contributed by atoms with Crippen LogP contribution in [-0.2, 0) is 6.54 Å². The Bertz CT molecular complexity index is 296. The van der Waals surface area contributed by atoms with Crippen LogP contribution in [-0.4, -0.2) is 12.5 Å². The summed E-state index contributed by atoms with van der Waals surface area (Å²) in [5, 5.41) is 2.73. The number of hydrogen-bond donors (Lipinski definition) is 1. The van der Waals surface area contributed by atoms with Crippen LogP contribution in [0.25, 0.3) is 0 Å². The molecule has 1 N–H and O–H groups in total. The predicted molar refractivity (Wildman–Crippen MR) is 57.9 cm³/mol. The molecule has 0 unspecified atom stereocenters. The van der Waals surface area contributed by atoms with Crippen LogP contribution in [0.5, 0.6) is 0 Å². The molecule has 0 amide bonds. The van der Waals surface area contributed by atoms with Crippen molar-refractivity contribution in [2.24, 2.45) is 0 Å². The smallest absolute Gasteiger partial charge is 0.263 e. The van der Waals surface area contributed by atoms with E-state index in [-0.39, 0.29) is 13.0 Å². The molecule has 0 saturated heterocycles. The number of rotatable bonds is 6. The first kappa shape index (κ1) is 11.9. The van der Waals surface area contributed by atoms with Gasteiger partial charge in [0.1, 0.15) is 0 Å². The van der Waals surface area contributed by atoms with Crippen LogP contribution in [0.4, 0.5) is 8.78 Å². The van der Waals surface area contributed by atoms with Gasteiger partial charge >= 0.3 is 0 Å². The van der Waals surface area contributed by atoms with Crippen molar-refractivity contribution in [3.8, 4) is 0 Å². The van der Waals surface area contributed by atoms with E-state index in [1.807, 2.05) is 30.3 Å². The second-order valence-electron chi connectivity index (χ2n) is 3.44. The molecule has 1 rings (SSSR count). The van der Waals surface area contributed by atoms with E-state index in [2.05, 4.69) is 11.9 Å². The van der Waals surface area contributed by atoms with Gasteiger partial charge in [-0.05, 0) is 5.56 Å². The fourth-order valence-corrected chi connectivity index (χ4v) is 1.27. The number of benzene rings is 1. The number of alkyl halides is 2. The third-order valence-corrected chi connectivity index (χ3v) is 2.00. The molecule has 0 heterocycles. The first-order valence-electron chi connectivity index (χ1n) is 4.87. The summed E-state index contributed by atoms with van der Waals surface area (Å²) in [6.07, 6.45) is 0.957. The van der Waals surface area contributed by atoms with E-state index in [1.165, 1.54) is 6.08 Å². The Labute approximate surface area is 88.8 Å². The zero-order valence-electron chi connectivity index (χ0n) is 8.55. The molecule has 0 aromatic heterocycles. The normalized spacial score (nSPS) is 11.3. The van der Waals surface area contributed by atoms with Gasteiger partial charge in [0.2, 0.25) is 0 Å². The van der Waals surface area contributed by atoms with Crippen molar-refractivity contribution in [1.82, 2.24) is 5.32 Å². The lowest BCUT2D eigenvalue weighted by Crippen LogP contribution is -2.31. The fourth-order valence-electron chi connectivity index (χ4n) is 1.27. The summed E-state index contributed by atoms with van der Waals surface area (Å²) in [4.78, 5) is 0. The molecule has 0 aliphatic heterocycles. The van der Waals surface area contributed by atoms with Crippen molar-refractivity contribution in [1.29, 1.82) is 0 Å².